The fraction of sp³-hybridized carbons (Fsp3) is 0.727. The molecule has 0 aliphatic carbocycles. The van der Waals surface area contributed by atoms with Crippen molar-refractivity contribution in [3.05, 3.63) is 12.2 Å². The first-order valence-corrected chi connectivity index (χ1v) is 6.14. The molecule has 92 valence electrons. The fourth-order valence-corrected chi connectivity index (χ4v) is 1.78. The topological polar surface area (TPSA) is 52.6 Å². The summed E-state index contributed by atoms with van der Waals surface area (Å²) in [7, 11) is -0.475. The van der Waals surface area contributed by atoms with E-state index in [1.54, 1.807) is 6.92 Å². The Morgan fingerprint density at radius 2 is 1.81 bits per heavy atom. The van der Waals surface area contributed by atoms with Gasteiger partial charge < -0.3 is 4.74 Å². The Morgan fingerprint density at radius 1 is 1.31 bits per heavy atom. The van der Waals surface area contributed by atoms with Crippen LogP contribution in [0, 0.1) is 0 Å². The van der Waals surface area contributed by atoms with E-state index >= 15 is 0 Å². The second-order valence-electron chi connectivity index (χ2n) is 3.75. The lowest BCUT2D eigenvalue weighted by molar-refractivity contribution is -0.196. The Hall–Kier alpha value is -0.730. The molecule has 0 aliphatic rings. The zero-order valence-corrected chi connectivity index (χ0v) is 11.0. The molecule has 0 saturated heterocycles. The molecule has 0 aliphatic heterocycles. The molecular weight excluding hydrogens is 227 g/mol. The molecule has 0 atom stereocenters. The van der Waals surface area contributed by atoms with Crippen LogP contribution < -0.4 is 0 Å². The highest BCUT2D eigenvalue weighted by Crippen LogP contribution is 2.30. The van der Waals surface area contributed by atoms with Crippen LogP contribution in [-0.4, -0.2) is 11.8 Å². The van der Waals surface area contributed by atoms with Gasteiger partial charge in [0.05, 0.1) is 0 Å². The molecule has 0 aromatic carbocycles. The summed E-state index contributed by atoms with van der Waals surface area (Å²) >= 11 is 0. The molecule has 0 heterocycles. The molecule has 0 rings (SSSR count). The lowest BCUT2D eigenvalue weighted by Gasteiger charge is -2.29. The van der Waals surface area contributed by atoms with Gasteiger partial charge in [0.1, 0.15) is 0 Å². The smallest absolute Gasteiger partial charge is 0.335 e. The number of rotatable bonds is 8. The average Bonchev–Trinajstić information content (AvgIpc) is 2.18. The molecule has 0 unspecified atom stereocenters. The highest BCUT2D eigenvalue weighted by Gasteiger charge is 2.34. The van der Waals surface area contributed by atoms with E-state index in [4.69, 9.17) is 9.26 Å². The quantitative estimate of drug-likeness (QED) is 0.284. The van der Waals surface area contributed by atoms with Crippen molar-refractivity contribution in [2.75, 3.05) is 0 Å². The lowest BCUT2D eigenvalue weighted by atomic mass is 10.1. The number of carbonyl (C=O) groups excluding carboxylic acids is 1. The molecule has 0 saturated carbocycles. The van der Waals surface area contributed by atoms with Gasteiger partial charge in [-0.05, 0) is 19.8 Å². The zero-order valence-electron chi connectivity index (χ0n) is 10.1. The molecule has 0 bridgehead atoms. The van der Waals surface area contributed by atoms with Crippen molar-refractivity contribution in [2.24, 2.45) is 0 Å². The van der Waals surface area contributed by atoms with Gasteiger partial charge in [0.15, 0.2) is 0 Å². The molecule has 16 heavy (non-hydrogen) atoms. The van der Waals surface area contributed by atoms with Crippen LogP contribution in [0.5, 0.6) is 0 Å². The monoisotopic (exact) mass is 246 g/mol. The van der Waals surface area contributed by atoms with E-state index in [1.807, 2.05) is 13.8 Å². The molecule has 0 amide bonds. The van der Waals surface area contributed by atoms with E-state index in [1.165, 1.54) is 0 Å². The van der Waals surface area contributed by atoms with Crippen LogP contribution in [0.4, 0.5) is 0 Å². The van der Waals surface area contributed by atoms with Crippen LogP contribution in [0.25, 0.3) is 0 Å². The third kappa shape index (κ3) is 4.86. The van der Waals surface area contributed by atoms with Crippen molar-refractivity contribution in [3.8, 4) is 0 Å². The summed E-state index contributed by atoms with van der Waals surface area (Å²) in [5, 5.41) is 0. The summed E-state index contributed by atoms with van der Waals surface area (Å²) < 4.78 is 20.9. The number of hydrogen-bond donors (Lipinski definition) is 0. The van der Waals surface area contributed by atoms with Crippen molar-refractivity contribution < 1.29 is 18.6 Å². The Labute approximate surface area is 98.3 Å². The van der Waals surface area contributed by atoms with Gasteiger partial charge in [0.25, 0.3) is 0 Å². The maximum absolute atomic E-state index is 11.5. The Kier molecular flexibility index (Phi) is 7.18. The summed E-state index contributed by atoms with van der Waals surface area (Å²) in [4.78, 5) is 11.5. The number of carbonyl (C=O) groups is 1. The molecule has 0 aromatic heterocycles. The van der Waals surface area contributed by atoms with Gasteiger partial charge in [-0.3, -0.25) is 0 Å². The SMILES string of the molecule is C=C(C)C(=O)OC(CCC)(CCC)OP=O. The summed E-state index contributed by atoms with van der Waals surface area (Å²) in [5.41, 5.74) is 0.308. The van der Waals surface area contributed by atoms with Gasteiger partial charge in [-0.25, -0.2) is 13.9 Å². The van der Waals surface area contributed by atoms with Gasteiger partial charge in [0.2, 0.25) is 5.79 Å². The van der Waals surface area contributed by atoms with Crippen molar-refractivity contribution in [3.63, 3.8) is 0 Å². The van der Waals surface area contributed by atoms with Crippen molar-refractivity contribution in [1.29, 1.82) is 0 Å². The second-order valence-corrected chi connectivity index (χ2v) is 4.08. The second kappa shape index (κ2) is 7.53. The summed E-state index contributed by atoms with van der Waals surface area (Å²) in [6.07, 6.45) is 2.60. The molecule has 0 radical (unpaired) electrons. The van der Waals surface area contributed by atoms with Gasteiger partial charge in [-0.15, -0.1) is 0 Å². The minimum Gasteiger partial charge on any atom is -0.429 e. The van der Waals surface area contributed by atoms with Crippen LogP contribution >= 0.6 is 8.69 Å². The zero-order chi connectivity index (χ0) is 12.6. The first-order chi connectivity index (χ1) is 7.51. The van der Waals surface area contributed by atoms with E-state index in [-0.39, 0.29) is 0 Å². The van der Waals surface area contributed by atoms with Crippen LogP contribution in [-0.2, 0) is 18.6 Å². The van der Waals surface area contributed by atoms with Crippen molar-refractivity contribution in [1.82, 2.24) is 0 Å². The number of esters is 1. The van der Waals surface area contributed by atoms with E-state index in [2.05, 4.69) is 6.58 Å². The van der Waals surface area contributed by atoms with E-state index in [9.17, 15) is 9.36 Å². The molecular formula is C11H19O4P. The predicted octanol–water partition coefficient (Wildman–Crippen LogP) is 3.63. The third-order valence-electron chi connectivity index (χ3n) is 2.09. The Bertz CT molecular complexity index is 257. The summed E-state index contributed by atoms with van der Waals surface area (Å²) in [6.45, 7) is 8.98. The molecule has 0 spiro atoms. The first kappa shape index (κ1) is 15.3. The number of ether oxygens (including phenoxy) is 1. The summed E-state index contributed by atoms with van der Waals surface area (Å²) in [5.74, 6) is -1.59. The van der Waals surface area contributed by atoms with Gasteiger partial charge in [-0.1, -0.05) is 20.4 Å². The average molecular weight is 246 g/mol. The van der Waals surface area contributed by atoms with Crippen LogP contribution in [0.2, 0.25) is 0 Å². The molecule has 0 fully saturated rings. The molecule has 5 heteroatoms. The highest BCUT2D eigenvalue weighted by molar-refractivity contribution is 7.17. The molecule has 0 aromatic rings. The van der Waals surface area contributed by atoms with Crippen molar-refractivity contribution >= 4 is 14.7 Å². The van der Waals surface area contributed by atoms with Gasteiger partial charge >= 0.3 is 14.7 Å². The molecule has 0 N–H and O–H groups in total. The van der Waals surface area contributed by atoms with E-state index in [0.29, 0.717) is 18.4 Å². The molecule has 4 nitrogen and oxygen atoms in total. The Balaban J connectivity index is 4.77. The predicted molar refractivity (Wildman–Crippen MR) is 62.1 cm³/mol. The minimum absolute atomic E-state index is 0.308. The lowest BCUT2D eigenvalue weighted by Crippen LogP contribution is -2.35. The standard InChI is InChI=1S/C11H19O4P/c1-5-7-11(8-6-2,15-16-13)14-10(12)9(3)4/h3,5-8H2,1-2,4H3. The van der Waals surface area contributed by atoms with Crippen LogP contribution in [0.3, 0.4) is 0 Å². The normalized spacial score (nSPS) is 11.4. The maximum Gasteiger partial charge on any atom is 0.335 e. The maximum atomic E-state index is 11.5. The van der Waals surface area contributed by atoms with Gasteiger partial charge in [0, 0.05) is 18.4 Å². The highest BCUT2D eigenvalue weighted by atomic mass is 31.1. The number of hydrogen-bond acceptors (Lipinski definition) is 4. The fourth-order valence-electron chi connectivity index (χ4n) is 1.42. The third-order valence-corrected chi connectivity index (χ3v) is 2.50. The van der Waals surface area contributed by atoms with Crippen LogP contribution in [0.15, 0.2) is 12.2 Å². The Morgan fingerprint density at radius 3 is 2.12 bits per heavy atom. The largest absolute Gasteiger partial charge is 0.429 e. The summed E-state index contributed by atoms with van der Waals surface area (Å²) in [6, 6.07) is 0. The van der Waals surface area contributed by atoms with E-state index < -0.39 is 20.4 Å². The first-order valence-electron chi connectivity index (χ1n) is 5.41. The minimum atomic E-state index is -1.08. The van der Waals surface area contributed by atoms with E-state index in [0.717, 1.165) is 12.8 Å². The van der Waals surface area contributed by atoms with Crippen molar-refractivity contribution in [2.45, 2.75) is 52.2 Å². The van der Waals surface area contributed by atoms with Crippen LogP contribution in [0.1, 0.15) is 46.5 Å². The van der Waals surface area contributed by atoms with Gasteiger partial charge in [-0.2, -0.15) is 0 Å².